The maximum Gasteiger partial charge on any atom is 0.407 e. The zero-order chi connectivity index (χ0) is 20.2. The van der Waals surface area contributed by atoms with Gasteiger partial charge in [-0.3, -0.25) is 0 Å². The molecule has 1 aromatic heterocycles. The average Bonchev–Trinajstić information content (AvgIpc) is 2.93. The maximum absolute atomic E-state index is 13.3. The topological polar surface area (TPSA) is 78.2 Å². The van der Waals surface area contributed by atoms with Crippen molar-refractivity contribution in [1.82, 2.24) is 19.7 Å². The summed E-state index contributed by atoms with van der Waals surface area (Å²) in [6, 6.07) is 2.93. The molecule has 7 nitrogen and oxygen atoms in total. The first kappa shape index (κ1) is 20.3. The standard InChI is InChI=1S/C17H19F3N4O3/c1-17(2,3)22-15(25)27-9-11(7-18)8-24-16(26)23(10-21-24)12-4-5-13(19)14(20)6-12/h4-7,10H,8-9H2,1-3H3,(H,22,25)/b11-7-. The van der Waals surface area contributed by atoms with Gasteiger partial charge in [0.05, 0.1) is 18.6 Å². The molecule has 0 bridgehead atoms. The number of halogens is 3. The lowest BCUT2D eigenvalue weighted by molar-refractivity contribution is 0.145. The van der Waals surface area contributed by atoms with Crippen LogP contribution in [0.4, 0.5) is 18.0 Å². The molecule has 0 saturated heterocycles. The van der Waals surface area contributed by atoms with Crippen molar-refractivity contribution in [3.8, 4) is 5.69 Å². The summed E-state index contributed by atoms with van der Waals surface area (Å²) in [5, 5.41) is 6.35. The van der Waals surface area contributed by atoms with Crippen LogP contribution in [-0.4, -0.2) is 32.6 Å². The third kappa shape index (κ3) is 5.47. The Morgan fingerprint density at radius 2 is 2.00 bits per heavy atom. The van der Waals surface area contributed by atoms with Gasteiger partial charge in [0.2, 0.25) is 0 Å². The van der Waals surface area contributed by atoms with Crippen molar-refractivity contribution in [2.45, 2.75) is 32.9 Å². The predicted octanol–water partition coefficient (Wildman–Crippen LogP) is 2.69. The van der Waals surface area contributed by atoms with Crippen LogP contribution in [0.25, 0.3) is 5.69 Å². The van der Waals surface area contributed by atoms with E-state index in [2.05, 4.69) is 10.4 Å². The van der Waals surface area contributed by atoms with Crippen molar-refractivity contribution in [2.24, 2.45) is 0 Å². The van der Waals surface area contributed by atoms with Crippen LogP contribution in [0.2, 0.25) is 0 Å². The molecular formula is C17H19F3N4O3. The molecular weight excluding hydrogens is 365 g/mol. The van der Waals surface area contributed by atoms with Crippen molar-refractivity contribution in [2.75, 3.05) is 6.61 Å². The van der Waals surface area contributed by atoms with Crippen LogP contribution in [0.5, 0.6) is 0 Å². The number of ether oxygens (including phenoxy) is 1. The Labute approximate surface area is 153 Å². The number of amides is 1. The van der Waals surface area contributed by atoms with Crippen LogP contribution in [0.1, 0.15) is 20.8 Å². The molecule has 27 heavy (non-hydrogen) atoms. The summed E-state index contributed by atoms with van der Waals surface area (Å²) in [6.07, 6.45) is 0.576. The molecule has 0 aliphatic carbocycles. The second-order valence-corrected chi connectivity index (χ2v) is 6.76. The van der Waals surface area contributed by atoms with E-state index in [1.165, 1.54) is 6.07 Å². The highest BCUT2D eigenvalue weighted by Gasteiger charge is 2.16. The van der Waals surface area contributed by atoms with E-state index >= 15 is 0 Å². The van der Waals surface area contributed by atoms with E-state index in [0.717, 1.165) is 27.7 Å². The Morgan fingerprint density at radius 1 is 1.30 bits per heavy atom. The predicted molar refractivity (Wildman–Crippen MR) is 91.2 cm³/mol. The number of nitrogens with zero attached hydrogens (tertiary/aromatic N) is 3. The van der Waals surface area contributed by atoms with Crippen LogP contribution < -0.4 is 11.0 Å². The second-order valence-electron chi connectivity index (χ2n) is 6.76. The van der Waals surface area contributed by atoms with E-state index < -0.39 is 29.0 Å². The summed E-state index contributed by atoms with van der Waals surface area (Å²) in [5.74, 6) is -2.16. The van der Waals surface area contributed by atoms with Crippen LogP contribution in [0.15, 0.2) is 41.2 Å². The van der Waals surface area contributed by atoms with Gasteiger partial charge in [0.1, 0.15) is 12.9 Å². The number of hydrogen-bond donors (Lipinski definition) is 1. The van der Waals surface area contributed by atoms with Gasteiger partial charge in [-0.05, 0) is 32.9 Å². The third-order valence-electron chi connectivity index (χ3n) is 3.29. The highest BCUT2D eigenvalue weighted by atomic mass is 19.2. The Hall–Kier alpha value is -3.04. The van der Waals surface area contributed by atoms with Crippen molar-refractivity contribution in [1.29, 1.82) is 0 Å². The van der Waals surface area contributed by atoms with E-state index in [9.17, 15) is 22.8 Å². The van der Waals surface area contributed by atoms with Crippen LogP contribution in [0.3, 0.4) is 0 Å². The molecule has 0 aliphatic heterocycles. The molecule has 1 heterocycles. The highest BCUT2D eigenvalue weighted by molar-refractivity contribution is 5.68. The molecule has 0 saturated carbocycles. The zero-order valence-electron chi connectivity index (χ0n) is 15.0. The number of nitrogens with one attached hydrogen (secondary N) is 1. The third-order valence-corrected chi connectivity index (χ3v) is 3.29. The average molecular weight is 384 g/mol. The Bertz CT molecular complexity index is 913. The number of hydrogen-bond acceptors (Lipinski definition) is 4. The molecule has 0 spiro atoms. The Morgan fingerprint density at radius 3 is 2.59 bits per heavy atom. The summed E-state index contributed by atoms with van der Waals surface area (Å²) < 4.78 is 46.2. The molecule has 0 fully saturated rings. The fraction of sp³-hybridized carbons (Fsp3) is 0.353. The molecule has 1 N–H and O–H groups in total. The number of benzene rings is 1. The maximum atomic E-state index is 13.3. The fourth-order valence-corrected chi connectivity index (χ4v) is 2.06. The fourth-order valence-electron chi connectivity index (χ4n) is 2.06. The number of rotatable bonds is 5. The summed E-state index contributed by atoms with van der Waals surface area (Å²) in [7, 11) is 0. The van der Waals surface area contributed by atoms with Gasteiger partial charge in [0.25, 0.3) is 0 Å². The van der Waals surface area contributed by atoms with Crippen molar-refractivity contribution in [3.63, 3.8) is 0 Å². The molecule has 0 radical (unpaired) electrons. The van der Waals surface area contributed by atoms with E-state index in [1.54, 1.807) is 20.8 Å². The van der Waals surface area contributed by atoms with Gasteiger partial charge < -0.3 is 10.1 Å². The number of carbonyl (C=O) groups excluding carboxylic acids is 1. The normalized spacial score (nSPS) is 12.1. The van der Waals surface area contributed by atoms with E-state index in [1.807, 2.05) is 0 Å². The molecule has 2 rings (SSSR count). The first-order valence-corrected chi connectivity index (χ1v) is 7.93. The summed E-state index contributed by atoms with van der Waals surface area (Å²) >= 11 is 0. The minimum Gasteiger partial charge on any atom is -0.445 e. The van der Waals surface area contributed by atoms with Crippen LogP contribution in [0, 0.1) is 11.6 Å². The van der Waals surface area contributed by atoms with Crippen molar-refractivity contribution < 1.29 is 22.7 Å². The van der Waals surface area contributed by atoms with Crippen LogP contribution >= 0.6 is 0 Å². The number of alkyl carbamates (subject to hydrolysis) is 1. The lowest BCUT2D eigenvalue weighted by Gasteiger charge is -2.20. The SMILES string of the molecule is CC(C)(C)NC(=O)OC/C(=C\F)Cn1ncn(-c2ccc(F)c(F)c2)c1=O. The van der Waals surface area contributed by atoms with Gasteiger partial charge in [-0.15, -0.1) is 0 Å². The van der Waals surface area contributed by atoms with E-state index in [4.69, 9.17) is 4.74 Å². The van der Waals surface area contributed by atoms with Gasteiger partial charge >= 0.3 is 11.8 Å². The summed E-state index contributed by atoms with van der Waals surface area (Å²) in [5.41, 5.74) is -1.16. The quantitative estimate of drug-likeness (QED) is 0.860. The molecule has 0 unspecified atom stereocenters. The zero-order valence-corrected chi connectivity index (χ0v) is 15.0. The molecule has 10 heteroatoms. The molecule has 1 aromatic carbocycles. The first-order chi connectivity index (χ1) is 12.6. The van der Waals surface area contributed by atoms with E-state index in [0.29, 0.717) is 0 Å². The summed E-state index contributed by atoms with van der Waals surface area (Å²) in [4.78, 5) is 23.9. The van der Waals surface area contributed by atoms with Gasteiger partial charge in [-0.1, -0.05) is 0 Å². The molecule has 2 aromatic rings. The monoisotopic (exact) mass is 384 g/mol. The van der Waals surface area contributed by atoms with E-state index in [-0.39, 0.29) is 30.7 Å². The lowest BCUT2D eigenvalue weighted by Crippen LogP contribution is -2.41. The number of carbonyl (C=O) groups is 1. The van der Waals surface area contributed by atoms with Crippen LogP contribution in [-0.2, 0) is 11.3 Å². The van der Waals surface area contributed by atoms with Gasteiger partial charge in [0, 0.05) is 17.2 Å². The van der Waals surface area contributed by atoms with Gasteiger partial charge in [-0.2, -0.15) is 5.10 Å². The van der Waals surface area contributed by atoms with Crippen molar-refractivity contribution in [3.05, 3.63) is 58.5 Å². The minimum absolute atomic E-state index is 0.0169. The first-order valence-electron chi connectivity index (χ1n) is 7.93. The van der Waals surface area contributed by atoms with Gasteiger partial charge in [-0.25, -0.2) is 32.0 Å². The summed E-state index contributed by atoms with van der Waals surface area (Å²) in [6.45, 7) is 4.59. The Balaban J connectivity index is 2.08. The van der Waals surface area contributed by atoms with Crippen molar-refractivity contribution >= 4 is 6.09 Å². The molecule has 0 aliphatic rings. The minimum atomic E-state index is -1.12. The van der Waals surface area contributed by atoms with Gasteiger partial charge in [0.15, 0.2) is 11.6 Å². The molecule has 0 atom stereocenters. The smallest absolute Gasteiger partial charge is 0.407 e. The molecule has 1 amide bonds. The molecule has 146 valence electrons. The lowest BCUT2D eigenvalue weighted by atomic mass is 10.1. The largest absolute Gasteiger partial charge is 0.445 e. The number of aromatic nitrogens is 3. The second kappa shape index (κ2) is 8.11. The highest BCUT2D eigenvalue weighted by Crippen LogP contribution is 2.11. The Kier molecular flexibility index (Phi) is 6.09.